The van der Waals surface area contributed by atoms with Gasteiger partial charge in [-0.25, -0.2) is 0 Å². The van der Waals surface area contributed by atoms with Gasteiger partial charge < -0.3 is 19.9 Å². The molecule has 2 aliphatic heterocycles. The van der Waals surface area contributed by atoms with Crippen LogP contribution in [0.25, 0.3) is 0 Å². The number of carbonyl (C=O) groups excluding carboxylic acids is 1. The smallest absolute Gasteiger partial charge is 0.314 e. The molecule has 5 heteroatoms. The molecule has 4 aliphatic rings. The molecule has 5 atom stereocenters. The highest BCUT2D eigenvalue weighted by Crippen LogP contribution is 2.50. The Morgan fingerprint density at radius 3 is 2.17 bits per heavy atom. The zero-order valence-electron chi connectivity index (χ0n) is 18.8. The first-order chi connectivity index (χ1) is 13.6. The van der Waals surface area contributed by atoms with Gasteiger partial charge in [0.1, 0.15) is 5.76 Å². The monoisotopic (exact) mass is 405 g/mol. The van der Waals surface area contributed by atoms with E-state index in [1.807, 2.05) is 6.92 Å². The van der Waals surface area contributed by atoms with Crippen molar-refractivity contribution >= 4 is 5.97 Å². The molecule has 164 valence electrons. The fraction of sp³-hybridized carbons (Fsp3) is 0.875. The van der Waals surface area contributed by atoms with Crippen LogP contribution in [0, 0.1) is 23.7 Å². The number of nitrogens with two attached hydrogens (primary N) is 1. The summed E-state index contributed by atoms with van der Waals surface area (Å²) in [4.78, 5) is 12.6. The molecule has 0 radical (unpaired) electrons. The predicted octanol–water partition coefficient (Wildman–Crippen LogP) is 4.69. The number of cyclic esters (lactones) is 1. The Morgan fingerprint density at radius 1 is 0.931 bits per heavy atom. The van der Waals surface area contributed by atoms with E-state index in [0.717, 1.165) is 50.7 Å². The molecular formula is C24H39NO4. The quantitative estimate of drug-likeness (QED) is 0.690. The van der Waals surface area contributed by atoms with E-state index in [0.29, 0.717) is 17.8 Å². The number of hydrogen-bond donors (Lipinski definition) is 1. The van der Waals surface area contributed by atoms with Gasteiger partial charge in [-0.15, -0.1) is 0 Å². The standard InChI is InChI=1S/C24H39NO4/c1-14(25)20-19(17-11-6-7-12-18(17)21(26)27-20)15-9-8-10-16(13-15)22-28-23(2,3)24(4,5)29-22/h14-18,22H,6-13,25H2,1-5H3. The molecule has 0 amide bonds. The van der Waals surface area contributed by atoms with Crippen LogP contribution in [0.3, 0.4) is 0 Å². The molecule has 2 heterocycles. The van der Waals surface area contributed by atoms with Gasteiger partial charge in [0.25, 0.3) is 0 Å². The average Bonchev–Trinajstić information content (AvgIpc) is 2.89. The Balaban J connectivity index is 1.59. The Morgan fingerprint density at radius 2 is 1.55 bits per heavy atom. The van der Waals surface area contributed by atoms with Crippen molar-refractivity contribution in [3.63, 3.8) is 0 Å². The summed E-state index contributed by atoms with van der Waals surface area (Å²) in [6.07, 6.45) is 8.65. The maximum absolute atomic E-state index is 12.6. The number of carbonyl (C=O) groups is 1. The normalized spacial score (nSPS) is 38.5. The van der Waals surface area contributed by atoms with Crippen LogP contribution in [0.5, 0.6) is 0 Å². The second-order valence-electron chi connectivity index (χ2n) is 10.8. The second kappa shape index (κ2) is 7.65. The number of allylic oxidation sites excluding steroid dienone is 1. The number of fused-ring (bicyclic) bond motifs is 1. The van der Waals surface area contributed by atoms with Crippen molar-refractivity contribution in [3.8, 4) is 0 Å². The summed E-state index contributed by atoms with van der Waals surface area (Å²) < 4.78 is 18.6. The van der Waals surface area contributed by atoms with Crippen LogP contribution >= 0.6 is 0 Å². The largest absolute Gasteiger partial charge is 0.429 e. The van der Waals surface area contributed by atoms with Gasteiger partial charge in [-0.05, 0) is 84.1 Å². The molecule has 2 aliphatic carbocycles. The van der Waals surface area contributed by atoms with Crippen molar-refractivity contribution < 1.29 is 19.0 Å². The highest BCUT2D eigenvalue weighted by atomic mass is 16.7. The third-order valence-electron chi connectivity index (χ3n) is 8.19. The molecular weight excluding hydrogens is 366 g/mol. The van der Waals surface area contributed by atoms with Gasteiger partial charge in [0, 0.05) is 5.92 Å². The van der Waals surface area contributed by atoms with Gasteiger partial charge in [-0.1, -0.05) is 19.3 Å². The average molecular weight is 406 g/mol. The molecule has 0 aromatic heterocycles. The van der Waals surface area contributed by atoms with Gasteiger partial charge in [-0.2, -0.15) is 0 Å². The molecule has 1 saturated heterocycles. The van der Waals surface area contributed by atoms with Gasteiger partial charge in [0.2, 0.25) is 0 Å². The lowest BCUT2D eigenvalue weighted by Crippen LogP contribution is -2.42. The molecule has 4 rings (SSSR count). The third-order valence-corrected chi connectivity index (χ3v) is 8.19. The van der Waals surface area contributed by atoms with Crippen molar-refractivity contribution in [2.24, 2.45) is 29.4 Å². The molecule has 0 bridgehead atoms. The summed E-state index contributed by atoms with van der Waals surface area (Å²) in [6.45, 7) is 10.4. The topological polar surface area (TPSA) is 70.8 Å². The fourth-order valence-corrected chi connectivity index (χ4v) is 5.91. The predicted molar refractivity (Wildman–Crippen MR) is 112 cm³/mol. The summed E-state index contributed by atoms with van der Waals surface area (Å²) in [6, 6.07) is -0.242. The molecule has 3 fully saturated rings. The van der Waals surface area contributed by atoms with Crippen LogP contribution in [0.2, 0.25) is 0 Å². The molecule has 0 spiro atoms. The van der Waals surface area contributed by atoms with Crippen molar-refractivity contribution in [2.75, 3.05) is 0 Å². The lowest BCUT2D eigenvalue weighted by Gasteiger charge is -2.43. The Kier molecular flexibility index (Phi) is 5.63. The first kappa shape index (κ1) is 21.3. The number of rotatable bonds is 3. The number of esters is 1. The highest BCUT2D eigenvalue weighted by molar-refractivity contribution is 5.76. The van der Waals surface area contributed by atoms with E-state index >= 15 is 0 Å². The molecule has 5 nitrogen and oxygen atoms in total. The minimum Gasteiger partial charge on any atom is -0.429 e. The lowest BCUT2D eigenvalue weighted by atomic mass is 9.65. The van der Waals surface area contributed by atoms with Crippen LogP contribution in [-0.4, -0.2) is 29.5 Å². The van der Waals surface area contributed by atoms with Gasteiger partial charge >= 0.3 is 5.97 Å². The Bertz CT molecular complexity index is 664. The van der Waals surface area contributed by atoms with E-state index in [-0.39, 0.29) is 35.4 Å². The number of hydrogen-bond acceptors (Lipinski definition) is 5. The van der Waals surface area contributed by atoms with Crippen molar-refractivity contribution in [2.45, 2.75) is 110 Å². The van der Waals surface area contributed by atoms with E-state index in [1.54, 1.807) is 0 Å². The highest BCUT2D eigenvalue weighted by Gasteiger charge is 2.52. The van der Waals surface area contributed by atoms with Crippen molar-refractivity contribution in [1.82, 2.24) is 0 Å². The van der Waals surface area contributed by atoms with E-state index in [4.69, 9.17) is 19.9 Å². The minimum atomic E-state index is -0.296. The van der Waals surface area contributed by atoms with Crippen LogP contribution in [-0.2, 0) is 19.0 Å². The first-order valence-electron chi connectivity index (χ1n) is 11.7. The molecule has 29 heavy (non-hydrogen) atoms. The van der Waals surface area contributed by atoms with Gasteiger partial charge in [0.15, 0.2) is 6.29 Å². The zero-order valence-corrected chi connectivity index (χ0v) is 18.8. The van der Waals surface area contributed by atoms with Crippen LogP contribution < -0.4 is 5.73 Å². The van der Waals surface area contributed by atoms with E-state index in [1.165, 1.54) is 12.0 Å². The Hall–Kier alpha value is -0.910. The van der Waals surface area contributed by atoms with Crippen molar-refractivity contribution in [1.29, 1.82) is 0 Å². The van der Waals surface area contributed by atoms with Crippen LogP contribution in [0.15, 0.2) is 11.3 Å². The molecule has 2 N–H and O–H groups in total. The maximum atomic E-state index is 12.6. The summed E-state index contributed by atoms with van der Waals surface area (Å²) in [5.41, 5.74) is 7.05. The lowest BCUT2D eigenvalue weighted by molar-refractivity contribution is -0.151. The summed E-state index contributed by atoms with van der Waals surface area (Å²) in [5, 5.41) is 0. The number of ether oxygens (including phenoxy) is 3. The molecule has 2 saturated carbocycles. The van der Waals surface area contributed by atoms with E-state index in [9.17, 15) is 4.79 Å². The van der Waals surface area contributed by atoms with E-state index < -0.39 is 0 Å². The summed E-state index contributed by atoms with van der Waals surface area (Å²) in [5.74, 6) is 1.83. The maximum Gasteiger partial charge on any atom is 0.314 e. The second-order valence-corrected chi connectivity index (χ2v) is 10.8. The SMILES string of the molecule is CC(N)C1=C(C2CCCC(C3OC(C)(C)C(C)(C)O3)C2)C2CCCCC2C(=O)O1. The summed E-state index contributed by atoms with van der Waals surface area (Å²) >= 11 is 0. The Labute approximate surface area is 175 Å². The van der Waals surface area contributed by atoms with E-state index in [2.05, 4.69) is 27.7 Å². The molecule has 0 aromatic carbocycles. The third kappa shape index (κ3) is 3.79. The van der Waals surface area contributed by atoms with Crippen molar-refractivity contribution in [3.05, 3.63) is 11.3 Å². The first-order valence-corrected chi connectivity index (χ1v) is 11.7. The zero-order chi connectivity index (χ0) is 21.0. The molecule has 0 aromatic rings. The van der Waals surface area contributed by atoms with Crippen LogP contribution in [0.1, 0.15) is 86.0 Å². The van der Waals surface area contributed by atoms with Gasteiger partial charge in [-0.3, -0.25) is 4.79 Å². The summed E-state index contributed by atoms with van der Waals surface area (Å²) in [7, 11) is 0. The fourth-order valence-electron chi connectivity index (χ4n) is 5.91. The van der Waals surface area contributed by atoms with Crippen LogP contribution in [0.4, 0.5) is 0 Å². The van der Waals surface area contributed by atoms with Gasteiger partial charge in [0.05, 0.1) is 23.2 Å². The molecule has 5 unspecified atom stereocenters. The minimum absolute atomic E-state index is 0.0264.